The first-order valence-corrected chi connectivity index (χ1v) is 9.72. The Balaban J connectivity index is 0.000000260. The number of aromatic nitrogens is 1. The lowest BCUT2D eigenvalue weighted by Gasteiger charge is -2.01. The minimum Gasteiger partial charge on any atom is -0.463 e. The molecule has 0 N–H and O–H groups in total. The number of rotatable bonds is 9. The normalized spacial score (nSPS) is 9.96. The van der Waals surface area contributed by atoms with Crippen LogP contribution in [0.1, 0.15) is 36.3 Å². The van der Waals surface area contributed by atoms with E-state index < -0.39 is 0 Å². The molecule has 142 valence electrons. The van der Waals surface area contributed by atoms with Gasteiger partial charge >= 0.3 is 5.97 Å². The number of thiazole rings is 1. The van der Waals surface area contributed by atoms with Gasteiger partial charge in [-0.05, 0) is 33.1 Å². The molecule has 0 saturated heterocycles. The van der Waals surface area contributed by atoms with Crippen LogP contribution in [0.2, 0.25) is 0 Å². The van der Waals surface area contributed by atoms with Gasteiger partial charge in [0.25, 0.3) is 0 Å². The maximum Gasteiger partial charge on any atom is 0.330 e. The van der Waals surface area contributed by atoms with E-state index in [9.17, 15) is 4.79 Å². The van der Waals surface area contributed by atoms with Crippen molar-refractivity contribution in [1.82, 2.24) is 4.98 Å². The summed E-state index contributed by atoms with van der Waals surface area (Å²) >= 11 is 1.69. The van der Waals surface area contributed by atoms with Gasteiger partial charge in [-0.15, -0.1) is 11.3 Å². The molecule has 0 radical (unpaired) electrons. The molecule has 0 aliphatic carbocycles. The summed E-state index contributed by atoms with van der Waals surface area (Å²) in [6.07, 6.45) is 5.38. The van der Waals surface area contributed by atoms with E-state index in [-0.39, 0.29) is 5.97 Å². The highest BCUT2D eigenvalue weighted by molar-refractivity contribution is 7.09. The fourth-order valence-corrected chi connectivity index (χ4v) is 2.78. The second-order valence-electron chi connectivity index (χ2n) is 5.90. The SMILES string of the molecule is C=CC(=O)OCCCCCCOC.Cc1ccc(-c2csc(C)n2)cc1. The maximum atomic E-state index is 10.6. The van der Waals surface area contributed by atoms with Gasteiger partial charge in [-0.2, -0.15) is 0 Å². The molecule has 0 atom stereocenters. The summed E-state index contributed by atoms with van der Waals surface area (Å²) in [5.41, 5.74) is 3.58. The van der Waals surface area contributed by atoms with Crippen molar-refractivity contribution >= 4 is 17.3 Å². The van der Waals surface area contributed by atoms with Gasteiger partial charge in [0, 0.05) is 30.7 Å². The van der Waals surface area contributed by atoms with E-state index in [4.69, 9.17) is 9.47 Å². The molecule has 5 heteroatoms. The van der Waals surface area contributed by atoms with E-state index in [0.29, 0.717) is 6.61 Å². The number of benzene rings is 1. The first-order chi connectivity index (χ1) is 12.6. The van der Waals surface area contributed by atoms with Gasteiger partial charge in [-0.1, -0.05) is 42.8 Å². The van der Waals surface area contributed by atoms with Gasteiger partial charge in [-0.25, -0.2) is 9.78 Å². The zero-order valence-electron chi connectivity index (χ0n) is 16.0. The number of aryl methyl sites for hydroxylation is 2. The molecular weight excluding hydrogens is 346 g/mol. The largest absolute Gasteiger partial charge is 0.463 e. The highest BCUT2D eigenvalue weighted by Crippen LogP contribution is 2.21. The molecule has 2 aromatic rings. The summed E-state index contributed by atoms with van der Waals surface area (Å²) in [6.45, 7) is 8.74. The molecule has 26 heavy (non-hydrogen) atoms. The zero-order valence-corrected chi connectivity index (χ0v) is 16.8. The third-order valence-corrected chi connectivity index (χ3v) is 4.39. The highest BCUT2D eigenvalue weighted by atomic mass is 32.1. The third kappa shape index (κ3) is 9.49. The van der Waals surface area contributed by atoms with Crippen molar-refractivity contribution in [3.8, 4) is 11.3 Å². The van der Waals surface area contributed by atoms with Crippen LogP contribution >= 0.6 is 11.3 Å². The van der Waals surface area contributed by atoms with Crippen LogP contribution in [-0.4, -0.2) is 31.3 Å². The molecule has 0 aliphatic heterocycles. The quantitative estimate of drug-likeness (QED) is 0.337. The van der Waals surface area contributed by atoms with E-state index >= 15 is 0 Å². The number of ether oxygens (including phenoxy) is 2. The maximum absolute atomic E-state index is 10.6. The van der Waals surface area contributed by atoms with Crippen LogP contribution in [0.3, 0.4) is 0 Å². The number of carbonyl (C=O) groups is 1. The number of unbranched alkanes of at least 4 members (excludes halogenated alkanes) is 3. The summed E-state index contributed by atoms with van der Waals surface area (Å²) in [5.74, 6) is -0.336. The van der Waals surface area contributed by atoms with E-state index in [1.165, 1.54) is 17.2 Å². The third-order valence-electron chi connectivity index (χ3n) is 3.62. The van der Waals surface area contributed by atoms with Crippen molar-refractivity contribution in [2.45, 2.75) is 39.5 Å². The molecule has 1 heterocycles. The second-order valence-corrected chi connectivity index (χ2v) is 6.96. The van der Waals surface area contributed by atoms with Gasteiger partial charge < -0.3 is 9.47 Å². The first-order valence-electron chi connectivity index (χ1n) is 8.84. The predicted octanol–water partition coefficient (Wildman–Crippen LogP) is 5.35. The second kappa shape index (κ2) is 13.3. The minimum absolute atomic E-state index is 0.336. The average Bonchev–Trinajstić information content (AvgIpc) is 3.08. The Morgan fingerprint density at radius 3 is 2.31 bits per heavy atom. The standard InChI is InChI=1S/C11H11NS.C10H18O3/c1-8-3-5-10(6-4-8)11-7-13-9(2)12-11;1-3-10(11)13-9-7-5-4-6-8-12-2/h3-7H,1-2H3;3H,1,4-9H2,2H3. The number of methoxy groups -OCH3 is 1. The van der Waals surface area contributed by atoms with Crippen molar-refractivity contribution in [2.24, 2.45) is 0 Å². The molecule has 2 rings (SSSR count). The lowest BCUT2D eigenvalue weighted by Crippen LogP contribution is -2.01. The Morgan fingerprint density at radius 2 is 1.77 bits per heavy atom. The van der Waals surface area contributed by atoms with E-state index in [2.05, 4.69) is 48.1 Å². The summed E-state index contributed by atoms with van der Waals surface area (Å²) in [7, 11) is 1.70. The summed E-state index contributed by atoms with van der Waals surface area (Å²) < 4.78 is 9.71. The predicted molar refractivity (Wildman–Crippen MR) is 109 cm³/mol. The lowest BCUT2D eigenvalue weighted by molar-refractivity contribution is -0.137. The lowest BCUT2D eigenvalue weighted by atomic mass is 10.1. The number of hydrogen-bond acceptors (Lipinski definition) is 5. The van der Waals surface area contributed by atoms with Gasteiger partial charge in [0.1, 0.15) is 0 Å². The van der Waals surface area contributed by atoms with Crippen molar-refractivity contribution in [1.29, 1.82) is 0 Å². The smallest absolute Gasteiger partial charge is 0.330 e. The molecule has 0 amide bonds. The molecule has 0 aliphatic rings. The average molecular weight is 376 g/mol. The Hall–Kier alpha value is -1.98. The summed E-state index contributed by atoms with van der Waals surface area (Å²) in [5, 5.41) is 3.22. The van der Waals surface area contributed by atoms with Crippen molar-refractivity contribution in [2.75, 3.05) is 20.3 Å². The van der Waals surface area contributed by atoms with Gasteiger partial charge in [0.15, 0.2) is 0 Å². The molecule has 1 aromatic carbocycles. The number of esters is 1. The van der Waals surface area contributed by atoms with E-state index in [0.717, 1.165) is 43.0 Å². The van der Waals surface area contributed by atoms with Crippen LogP contribution in [0.25, 0.3) is 11.3 Å². The Kier molecular flexibility index (Phi) is 11.2. The zero-order chi connectivity index (χ0) is 19.2. The fraction of sp³-hybridized carbons (Fsp3) is 0.429. The van der Waals surface area contributed by atoms with Crippen LogP contribution in [0, 0.1) is 13.8 Å². The van der Waals surface area contributed by atoms with Gasteiger partial charge in [-0.3, -0.25) is 0 Å². The van der Waals surface area contributed by atoms with Crippen molar-refractivity contribution in [3.63, 3.8) is 0 Å². The van der Waals surface area contributed by atoms with Crippen molar-refractivity contribution < 1.29 is 14.3 Å². The Bertz CT molecular complexity index is 650. The van der Waals surface area contributed by atoms with E-state index in [1.807, 2.05) is 6.92 Å². The monoisotopic (exact) mass is 375 g/mol. The van der Waals surface area contributed by atoms with Crippen LogP contribution in [-0.2, 0) is 14.3 Å². The molecule has 0 spiro atoms. The van der Waals surface area contributed by atoms with Crippen LogP contribution in [0.15, 0.2) is 42.3 Å². The summed E-state index contributed by atoms with van der Waals surface area (Å²) in [6, 6.07) is 8.46. The van der Waals surface area contributed by atoms with Crippen molar-refractivity contribution in [3.05, 3.63) is 52.9 Å². The van der Waals surface area contributed by atoms with E-state index in [1.54, 1.807) is 18.4 Å². The Morgan fingerprint density at radius 1 is 1.12 bits per heavy atom. The van der Waals surface area contributed by atoms with Crippen LogP contribution in [0.4, 0.5) is 0 Å². The molecular formula is C21H29NO3S. The first kappa shape index (κ1) is 22.1. The fourth-order valence-electron chi connectivity index (χ4n) is 2.15. The number of nitrogens with zero attached hydrogens (tertiary/aromatic N) is 1. The molecule has 0 bridgehead atoms. The molecule has 0 unspecified atom stereocenters. The topological polar surface area (TPSA) is 48.4 Å². The molecule has 4 nitrogen and oxygen atoms in total. The Labute approximate surface area is 160 Å². The van der Waals surface area contributed by atoms with Crippen LogP contribution < -0.4 is 0 Å². The molecule has 0 saturated carbocycles. The molecule has 0 fully saturated rings. The number of carbonyl (C=O) groups excluding carboxylic acids is 1. The van der Waals surface area contributed by atoms with Crippen LogP contribution in [0.5, 0.6) is 0 Å². The summed E-state index contributed by atoms with van der Waals surface area (Å²) in [4.78, 5) is 15.0. The molecule has 1 aromatic heterocycles. The number of hydrogen-bond donors (Lipinski definition) is 0. The van der Waals surface area contributed by atoms with Gasteiger partial charge in [0.2, 0.25) is 0 Å². The minimum atomic E-state index is -0.336. The van der Waals surface area contributed by atoms with Gasteiger partial charge in [0.05, 0.1) is 17.3 Å². The highest BCUT2D eigenvalue weighted by Gasteiger charge is 2.00.